The molecule has 0 radical (unpaired) electrons. The third kappa shape index (κ3) is 3.24. The normalized spacial score (nSPS) is 10.6. The molecule has 2 rings (SSSR count). The molecule has 1 heterocycles. The summed E-state index contributed by atoms with van der Waals surface area (Å²) in [6, 6.07) is 9.28. The van der Waals surface area contributed by atoms with Crippen LogP contribution in [0.25, 0.3) is 0 Å². The summed E-state index contributed by atoms with van der Waals surface area (Å²) < 4.78 is 1.81. The molecule has 3 nitrogen and oxygen atoms in total. The number of benzene rings is 1. The minimum atomic E-state index is -0.0267. The average Bonchev–Trinajstić information content (AvgIpc) is 2.76. The van der Waals surface area contributed by atoms with Crippen LogP contribution in [0.2, 0.25) is 0 Å². The van der Waals surface area contributed by atoms with Crippen molar-refractivity contribution in [2.24, 2.45) is 0 Å². The molecule has 1 amide bonds. The second kappa shape index (κ2) is 6.74. The minimum Gasteiger partial charge on any atom is -0.397 e. The van der Waals surface area contributed by atoms with Gasteiger partial charge in [-0.1, -0.05) is 19.1 Å². The summed E-state index contributed by atoms with van der Waals surface area (Å²) in [5.74, 6) is -0.0267. The number of hydrogen-bond acceptors (Lipinski definition) is 3. The standard InChI is InChI=1S/C14H14Br2N2OS/c1-2-7-18(11-6-4-3-5-10(11)17)14(19)12-8-9(15)13(16)20-12/h3-6,8H,2,7,17H2,1H3. The van der Waals surface area contributed by atoms with Crippen LogP contribution in [0.1, 0.15) is 23.0 Å². The number of para-hydroxylation sites is 2. The Hall–Kier alpha value is -0.850. The van der Waals surface area contributed by atoms with Crippen LogP contribution in [0, 0.1) is 0 Å². The fraction of sp³-hybridized carbons (Fsp3) is 0.214. The zero-order valence-electron chi connectivity index (χ0n) is 10.9. The third-order valence-corrected chi connectivity index (χ3v) is 6.02. The molecule has 106 valence electrons. The second-order valence-electron chi connectivity index (χ2n) is 4.25. The number of nitrogen functional groups attached to an aromatic ring is 1. The van der Waals surface area contributed by atoms with Crippen molar-refractivity contribution in [1.82, 2.24) is 0 Å². The van der Waals surface area contributed by atoms with Crippen molar-refractivity contribution in [3.05, 3.63) is 43.5 Å². The summed E-state index contributed by atoms with van der Waals surface area (Å²) in [6.45, 7) is 2.68. The predicted molar refractivity (Wildman–Crippen MR) is 92.5 cm³/mol. The van der Waals surface area contributed by atoms with E-state index in [9.17, 15) is 4.79 Å². The highest BCUT2D eigenvalue weighted by Crippen LogP contribution is 2.34. The van der Waals surface area contributed by atoms with Gasteiger partial charge in [-0.25, -0.2) is 0 Å². The molecule has 0 bridgehead atoms. The number of halogens is 2. The quantitative estimate of drug-likeness (QED) is 0.718. The number of rotatable bonds is 4. The number of nitrogens with two attached hydrogens (primary N) is 1. The van der Waals surface area contributed by atoms with Crippen molar-refractivity contribution in [3.63, 3.8) is 0 Å². The average molecular weight is 418 g/mol. The lowest BCUT2D eigenvalue weighted by molar-refractivity contribution is 0.0991. The van der Waals surface area contributed by atoms with E-state index in [0.717, 1.165) is 20.4 Å². The van der Waals surface area contributed by atoms with Gasteiger partial charge in [0.25, 0.3) is 5.91 Å². The molecular formula is C14H14Br2N2OS. The summed E-state index contributed by atoms with van der Waals surface area (Å²) in [6.07, 6.45) is 0.869. The molecular weight excluding hydrogens is 404 g/mol. The number of nitrogens with zero attached hydrogens (tertiary/aromatic N) is 1. The van der Waals surface area contributed by atoms with Crippen LogP contribution in [0.15, 0.2) is 38.6 Å². The topological polar surface area (TPSA) is 46.3 Å². The first-order chi connectivity index (χ1) is 9.54. The van der Waals surface area contributed by atoms with E-state index in [2.05, 4.69) is 31.9 Å². The first-order valence-electron chi connectivity index (χ1n) is 6.15. The molecule has 20 heavy (non-hydrogen) atoms. The van der Waals surface area contributed by atoms with Gasteiger partial charge in [0.15, 0.2) is 0 Å². The molecule has 2 aromatic rings. The highest BCUT2D eigenvalue weighted by atomic mass is 79.9. The van der Waals surface area contributed by atoms with Crippen LogP contribution in [0.5, 0.6) is 0 Å². The van der Waals surface area contributed by atoms with Crippen LogP contribution in [0.4, 0.5) is 11.4 Å². The molecule has 0 fully saturated rings. The van der Waals surface area contributed by atoms with Gasteiger partial charge in [0, 0.05) is 11.0 Å². The fourth-order valence-electron chi connectivity index (χ4n) is 1.87. The van der Waals surface area contributed by atoms with E-state index >= 15 is 0 Å². The van der Waals surface area contributed by atoms with Crippen LogP contribution < -0.4 is 10.6 Å². The zero-order valence-corrected chi connectivity index (χ0v) is 14.9. The maximum absolute atomic E-state index is 12.7. The maximum Gasteiger partial charge on any atom is 0.268 e. The minimum absolute atomic E-state index is 0.0267. The van der Waals surface area contributed by atoms with E-state index in [0.29, 0.717) is 17.1 Å². The molecule has 0 saturated heterocycles. The van der Waals surface area contributed by atoms with E-state index in [1.807, 2.05) is 37.3 Å². The highest BCUT2D eigenvalue weighted by Gasteiger charge is 2.21. The van der Waals surface area contributed by atoms with Crippen LogP contribution in [-0.2, 0) is 0 Å². The Labute approximate surface area is 139 Å². The van der Waals surface area contributed by atoms with Gasteiger partial charge in [0.2, 0.25) is 0 Å². The molecule has 1 aromatic carbocycles. The molecule has 0 atom stereocenters. The Morgan fingerprint density at radius 1 is 1.35 bits per heavy atom. The van der Waals surface area contributed by atoms with Gasteiger partial charge in [-0.3, -0.25) is 4.79 Å². The smallest absolute Gasteiger partial charge is 0.268 e. The van der Waals surface area contributed by atoms with Crippen LogP contribution in [0.3, 0.4) is 0 Å². The lowest BCUT2D eigenvalue weighted by atomic mass is 10.2. The molecule has 0 aliphatic rings. The summed E-state index contributed by atoms with van der Waals surface area (Å²) in [5, 5.41) is 0. The largest absolute Gasteiger partial charge is 0.397 e. The van der Waals surface area contributed by atoms with Gasteiger partial charge < -0.3 is 10.6 Å². The highest BCUT2D eigenvalue weighted by molar-refractivity contribution is 9.13. The van der Waals surface area contributed by atoms with Gasteiger partial charge in [-0.05, 0) is 56.5 Å². The van der Waals surface area contributed by atoms with Crippen molar-refractivity contribution >= 4 is 60.5 Å². The van der Waals surface area contributed by atoms with E-state index < -0.39 is 0 Å². The van der Waals surface area contributed by atoms with Crippen molar-refractivity contribution in [3.8, 4) is 0 Å². The summed E-state index contributed by atoms with van der Waals surface area (Å²) in [7, 11) is 0. The van der Waals surface area contributed by atoms with Crippen molar-refractivity contribution in [1.29, 1.82) is 0 Å². The van der Waals surface area contributed by atoms with E-state index in [-0.39, 0.29) is 5.91 Å². The van der Waals surface area contributed by atoms with Gasteiger partial charge in [-0.15, -0.1) is 11.3 Å². The third-order valence-electron chi connectivity index (χ3n) is 2.78. The lowest BCUT2D eigenvalue weighted by Crippen LogP contribution is -2.31. The monoisotopic (exact) mass is 416 g/mol. The Morgan fingerprint density at radius 3 is 2.60 bits per heavy atom. The molecule has 0 saturated carbocycles. The predicted octanol–water partition coefficient (Wildman–Crippen LogP) is 4.91. The molecule has 0 unspecified atom stereocenters. The van der Waals surface area contributed by atoms with E-state index in [4.69, 9.17) is 5.73 Å². The van der Waals surface area contributed by atoms with Crippen LogP contribution >= 0.6 is 43.2 Å². The van der Waals surface area contributed by atoms with E-state index in [1.54, 1.807) is 4.90 Å². The Kier molecular flexibility index (Phi) is 5.23. The van der Waals surface area contributed by atoms with Crippen molar-refractivity contribution in [2.45, 2.75) is 13.3 Å². The number of amides is 1. The molecule has 0 aliphatic heterocycles. The Morgan fingerprint density at radius 2 is 2.05 bits per heavy atom. The van der Waals surface area contributed by atoms with Gasteiger partial charge in [0.1, 0.15) is 0 Å². The SMILES string of the molecule is CCCN(C(=O)c1cc(Br)c(Br)s1)c1ccccc1N. The summed E-state index contributed by atoms with van der Waals surface area (Å²) >= 11 is 8.25. The lowest BCUT2D eigenvalue weighted by Gasteiger charge is -2.23. The fourth-order valence-corrected chi connectivity index (χ4v) is 3.86. The number of carbonyl (C=O) groups is 1. The summed E-state index contributed by atoms with van der Waals surface area (Å²) in [5.41, 5.74) is 7.37. The second-order valence-corrected chi connectivity index (χ2v) is 7.47. The molecule has 2 N–H and O–H groups in total. The maximum atomic E-state index is 12.7. The molecule has 1 aromatic heterocycles. The number of carbonyl (C=O) groups excluding carboxylic acids is 1. The summed E-state index contributed by atoms with van der Waals surface area (Å²) in [4.78, 5) is 15.1. The molecule has 0 spiro atoms. The Bertz CT molecular complexity index is 608. The molecule has 0 aliphatic carbocycles. The zero-order chi connectivity index (χ0) is 14.7. The van der Waals surface area contributed by atoms with Crippen LogP contribution in [-0.4, -0.2) is 12.5 Å². The van der Waals surface area contributed by atoms with Crippen molar-refractivity contribution < 1.29 is 4.79 Å². The number of anilines is 2. The number of thiophene rings is 1. The first-order valence-corrected chi connectivity index (χ1v) is 8.56. The molecule has 6 heteroatoms. The number of hydrogen-bond donors (Lipinski definition) is 1. The van der Waals surface area contributed by atoms with Gasteiger partial charge in [-0.2, -0.15) is 0 Å². The van der Waals surface area contributed by atoms with Gasteiger partial charge >= 0.3 is 0 Å². The van der Waals surface area contributed by atoms with E-state index in [1.165, 1.54) is 11.3 Å². The first kappa shape index (κ1) is 15.5. The van der Waals surface area contributed by atoms with Gasteiger partial charge in [0.05, 0.1) is 20.0 Å². The Balaban J connectivity index is 2.38. The van der Waals surface area contributed by atoms with Crippen molar-refractivity contribution in [2.75, 3.05) is 17.2 Å².